The van der Waals surface area contributed by atoms with Crippen molar-refractivity contribution in [2.75, 3.05) is 23.3 Å². The SMILES string of the molecule is Cc1nn(CC(C)C)c(Cl)c1/C=C/C(=O)Nc1c(F)cccc1N1CCCC1. The second-order valence-corrected chi connectivity index (χ2v) is 7.87. The Balaban J connectivity index is 1.77. The molecule has 1 N–H and O–H groups in total. The molecule has 1 aliphatic heterocycles. The first kappa shape index (κ1) is 20.4. The van der Waals surface area contributed by atoms with E-state index in [9.17, 15) is 9.18 Å². The van der Waals surface area contributed by atoms with Crippen LogP contribution >= 0.6 is 11.6 Å². The molecule has 0 saturated carbocycles. The maximum Gasteiger partial charge on any atom is 0.248 e. The molecule has 0 bridgehead atoms. The molecule has 1 aromatic carbocycles. The molecule has 1 amide bonds. The molecule has 0 unspecified atom stereocenters. The van der Waals surface area contributed by atoms with Crippen LogP contribution in [0.5, 0.6) is 0 Å². The van der Waals surface area contributed by atoms with E-state index in [1.54, 1.807) is 16.8 Å². The van der Waals surface area contributed by atoms with Gasteiger partial charge in [0.15, 0.2) is 0 Å². The van der Waals surface area contributed by atoms with Gasteiger partial charge in [0, 0.05) is 31.3 Å². The number of para-hydroxylation sites is 1. The van der Waals surface area contributed by atoms with Gasteiger partial charge in [-0.25, -0.2) is 4.39 Å². The minimum absolute atomic E-state index is 0.220. The fourth-order valence-electron chi connectivity index (χ4n) is 3.41. The van der Waals surface area contributed by atoms with E-state index in [-0.39, 0.29) is 5.69 Å². The van der Waals surface area contributed by atoms with Crippen LogP contribution in [0.1, 0.15) is 37.9 Å². The predicted octanol–water partition coefficient (Wildman–Crippen LogP) is 4.89. The molecule has 5 nitrogen and oxygen atoms in total. The molecule has 0 aliphatic carbocycles. The molecule has 1 fully saturated rings. The second-order valence-electron chi connectivity index (χ2n) is 7.52. The van der Waals surface area contributed by atoms with Crippen molar-refractivity contribution in [3.05, 3.63) is 46.5 Å². The average molecular weight is 405 g/mol. The van der Waals surface area contributed by atoms with E-state index in [4.69, 9.17) is 11.6 Å². The molecule has 0 spiro atoms. The number of nitrogens with one attached hydrogen (secondary N) is 1. The fraction of sp³-hybridized carbons (Fsp3) is 0.429. The lowest BCUT2D eigenvalue weighted by Crippen LogP contribution is -2.21. The largest absolute Gasteiger partial charge is 0.370 e. The van der Waals surface area contributed by atoms with Crippen LogP contribution < -0.4 is 10.2 Å². The number of rotatable bonds is 6. The summed E-state index contributed by atoms with van der Waals surface area (Å²) in [4.78, 5) is 14.6. The topological polar surface area (TPSA) is 50.2 Å². The van der Waals surface area contributed by atoms with Crippen molar-refractivity contribution in [3.8, 4) is 0 Å². The third kappa shape index (κ3) is 4.55. The van der Waals surface area contributed by atoms with Gasteiger partial charge < -0.3 is 10.2 Å². The zero-order chi connectivity index (χ0) is 20.3. The highest BCUT2D eigenvalue weighted by molar-refractivity contribution is 6.31. The first-order valence-corrected chi connectivity index (χ1v) is 10.00. The number of anilines is 2. The first-order valence-electron chi connectivity index (χ1n) is 9.62. The Kier molecular flexibility index (Phi) is 6.39. The maximum atomic E-state index is 14.4. The van der Waals surface area contributed by atoms with Crippen molar-refractivity contribution in [1.82, 2.24) is 9.78 Å². The van der Waals surface area contributed by atoms with Gasteiger partial charge in [-0.3, -0.25) is 9.48 Å². The van der Waals surface area contributed by atoms with Crippen LogP contribution in [0.15, 0.2) is 24.3 Å². The molecule has 150 valence electrons. The normalized spacial score (nSPS) is 14.4. The quantitative estimate of drug-likeness (QED) is 0.697. The van der Waals surface area contributed by atoms with E-state index in [2.05, 4.69) is 29.2 Å². The van der Waals surface area contributed by atoms with E-state index in [1.807, 2.05) is 13.0 Å². The Labute approximate surface area is 170 Å². The van der Waals surface area contributed by atoms with Gasteiger partial charge in [-0.2, -0.15) is 5.10 Å². The summed E-state index contributed by atoms with van der Waals surface area (Å²) in [5.74, 6) is -0.440. The molecule has 7 heteroatoms. The van der Waals surface area contributed by atoms with Crippen molar-refractivity contribution >= 4 is 35.0 Å². The summed E-state index contributed by atoms with van der Waals surface area (Å²) in [7, 11) is 0. The highest BCUT2D eigenvalue weighted by Gasteiger charge is 2.19. The Morgan fingerprint density at radius 3 is 2.75 bits per heavy atom. The number of carbonyl (C=O) groups is 1. The van der Waals surface area contributed by atoms with Gasteiger partial charge in [0.1, 0.15) is 16.7 Å². The number of hydrogen-bond acceptors (Lipinski definition) is 3. The lowest BCUT2D eigenvalue weighted by molar-refractivity contribution is -0.111. The van der Waals surface area contributed by atoms with E-state index >= 15 is 0 Å². The van der Waals surface area contributed by atoms with Crippen LogP contribution in [0, 0.1) is 18.7 Å². The molecular weight excluding hydrogens is 379 g/mol. The van der Waals surface area contributed by atoms with E-state index < -0.39 is 11.7 Å². The van der Waals surface area contributed by atoms with Crippen LogP contribution in [0.3, 0.4) is 0 Å². The number of nitrogens with zero attached hydrogens (tertiary/aromatic N) is 3. The number of aryl methyl sites for hydroxylation is 1. The number of halogens is 2. The molecule has 28 heavy (non-hydrogen) atoms. The molecule has 1 aliphatic rings. The van der Waals surface area contributed by atoms with Crippen molar-refractivity contribution in [2.24, 2.45) is 5.92 Å². The van der Waals surface area contributed by atoms with Gasteiger partial charge in [-0.05, 0) is 43.9 Å². The minimum Gasteiger partial charge on any atom is -0.370 e. The van der Waals surface area contributed by atoms with Gasteiger partial charge in [0.25, 0.3) is 0 Å². The van der Waals surface area contributed by atoms with E-state index in [1.165, 1.54) is 12.1 Å². The van der Waals surface area contributed by atoms with Crippen LogP contribution in [0.4, 0.5) is 15.8 Å². The summed E-state index contributed by atoms with van der Waals surface area (Å²) in [6.07, 6.45) is 5.15. The van der Waals surface area contributed by atoms with Crippen molar-refractivity contribution in [1.29, 1.82) is 0 Å². The molecule has 3 rings (SSSR count). The predicted molar refractivity (Wildman–Crippen MR) is 112 cm³/mol. The summed E-state index contributed by atoms with van der Waals surface area (Å²) in [5, 5.41) is 7.62. The number of amides is 1. The number of carbonyl (C=O) groups excluding carboxylic acids is 1. The molecule has 2 heterocycles. The Morgan fingerprint density at radius 2 is 2.07 bits per heavy atom. The third-order valence-electron chi connectivity index (χ3n) is 4.74. The van der Waals surface area contributed by atoms with Crippen LogP contribution in [0.2, 0.25) is 5.15 Å². The standard InChI is InChI=1S/C21H26ClFN4O/c1-14(2)13-27-21(22)16(15(3)25-27)9-10-19(28)24-20-17(23)7-6-8-18(20)26-11-4-5-12-26/h6-10,14H,4-5,11-13H2,1-3H3,(H,24,28)/b10-9+. The Morgan fingerprint density at radius 1 is 1.36 bits per heavy atom. The molecular formula is C21H26ClFN4O. The van der Waals surface area contributed by atoms with E-state index in [0.717, 1.165) is 37.3 Å². The number of aromatic nitrogens is 2. The van der Waals surface area contributed by atoms with Gasteiger partial charge in [-0.1, -0.05) is 31.5 Å². The Bertz CT molecular complexity index is 885. The third-order valence-corrected chi connectivity index (χ3v) is 5.13. The monoisotopic (exact) mass is 404 g/mol. The molecule has 0 radical (unpaired) electrons. The maximum absolute atomic E-state index is 14.4. The van der Waals surface area contributed by atoms with Gasteiger partial charge >= 0.3 is 0 Å². The lowest BCUT2D eigenvalue weighted by Gasteiger charge is -2.21. The van der Waals surface area contributed by atoms with Gasteiger partial charge in [0.2, 0.25) is 5.91 Å². The van der Waals surface area contributed by atoms with Crippen molar-refractivity contribution < 1.29 is 9.18 Å². The van der Waals surface area contributed by atoms with Gasteiger partial charge in [-0.15, -0.1) is 0 Å². The summed E-state index contributed by atoms with van der Waals surface area (Å²) in [5.41, 5.74) is 2.39. The fourth-order valence-corrected chi connectivity index (χ4v) is 3.71. The van der Waals surface area contributed by atoms with Crippen LogP contribution in [-0.2, 0) is 11.3 Å². The molecule has 0 atom stereocenters. The summed E-state index contributed by atoms with van der Waals surface area (Å²) in [6.45, 7) is 8.46. The number of hydrogen-bond donors (Lipinski definition) is 1. The molecule has 1 aromatic heterocycles. The van der Waals surface area contributed by atoms with Crippen molar-refractivity contribution in [3.63, 3.8) is 0 Å². The van der Waals surface area contributed by atoms with Crippen molar-refractivity contribution in [2.45, 2.75) is 40.2 Å². The smallest absolute Gasteiger partial charge is 0.248 e. The highest BCUT2D eigenvalue weighted by atomic mass is 35.5. The first-order chi connectivity index (χ1) is 13.4. The summed E-state index contributed by atoms with van der Waals surface area (Å²) >= 11 is 6.40. The van der Waals surface area contributed by atoms with Gasteiger partial charge in [0.05, 0.1) is 11.4 Å². The van der Waals surface area contributed by atoms with E-state index in [0.29, 0.717) is 23.2 Å². The second kappa shape index (κ2) is 8.78. The Hall–Kier alpha value is -2.34. The highest BCUT2D eigenvalue weighted by Crippen LogP contribution is 2.31. The zero-order valence-corrected chi connectivity index (χ0v) is 17.3. The lowest BCUT2D eigenvalue weighted by atomic mass is 10.2. The number of benzene rings is 1. The minimum atomic E-state index is -0.440. The molecule has 1 saturated heterocycles. The van der Waals surface area contributed by atoms with Crippen LogP contribution in [0.25, 0.3) is 6.08 Å². The molecule has 2 aromatic rings. The summed E-state index contributed by atoms with van der Waals surface area (Å²) in [6, 6.07) is 4.86. The zero-order valence-electron chi connectivity index (χ0n) is 16.5. The summed E-state index contributed by atoms with van der Waals surface area (Å²) < 4.78 is 16.1. The average Bonchev–Trinajstić information content (AvgIpc) is 3.24. The van der Waals surface area contributed by atoms with Crippen LogP contribution in [-0.4, -0.2) is 28.8 Å².